The molecule has 8 nitrogen and oxygen atoms in total. The third-order valence-electron chi connectivity index (χ3n) is 6.43. The summed E-state index contributed by atoms with van der Waals surface area (Å²) in [6.07, 6.45) is 1.26. The average molecular weight is 474 g/mol. The van der Waals surface area contributed by atoms with E-state index in [2.05, 4.69) is 20.3 Å². The number of carbonyl (C=O) groups excluding carboxylic acids is 1. The predicted octanol–water partition coefficient (Wildman–Crippen LogP) is 2.29. The van der Waals surface area contributed by atoms with Gasteiger partial charge in [-0.3, -0.25) is 4.79 Å². The molecule has 5 N–H and O–H groups in total. The molecule has 174 valence electrons. The van der Waals surface area contributed by atoms with E-state index < -0.39 is 18.4 Å². The Bertz CT molecular complexity index is 1220. The Morgan fingerprint density at radius 3 is 2.88 bits per heavy atom. The van der Waals surface area contributed by atoms with Gasteiger partial charge in [0, 0.05) is 48.1 Å². The summed E-state index contributed by atoms with van der Waals surface area (Å²) in [5.74, 6) is -0.636. The van der Waals surface area contributed by atoms with Crippen molar-refractivity contribution in [3.05, 3.63) is 40.2 Å². The van der Waals surface area contributed by atoms with Crippen molar-refractivity contribution in [3.8, 4) is 0 Å². The molecule has 1 fully saturated rings. The summed E-state index contributed by atoms with van der Waals surface area (Å²) in [5, 5.41) is 3.88. The maximum absolute atomic E-state index is 13.1. The first-order chi connectivity index (χ1) is 15.8. The maximum Gasteiger partial charge on any atom is 0.263 e. The molecule has 0 aromatic carbocycles. The van der Waals surface area contributed by atoms with Gasteiger partial charge in [0.15, 0.2) is 0 Å². The van der Waals surface area contributed by atoms with Gasteiger partial charge in [-0.1, -0.05) is 0 Å². The number of halogens is 2. The quantitative estimate of drug-likeness (QED) is 0.531. The molecule has 5 rings (SSSR count). The Morgan fingerprint density at radius 2 is 2.12 bits per heavy atom. The Kier molecular flexibility index (Phi) is 5.61. The fourth-order valence-electron chi connectivity index (χ4n) is 4.57. The highest BCUT2D eigenvalue weighted by Crippen LogP contribution is 2.33. The van der Waals surface area contributed by atoms with Gasteiger partial charge in [-0.05, 0) is 43.9 Å². The number of aryl methyl sites for hydroxylation is 2. The zero-order chi connectivity index (χ0) is 23.3. The van der Waals surface area contributed by atoms with Crippen LogP contribution in [0.5, 0.6) is 0 Å². The molecule has 11 heteroatoms. The zero-order valence-electron chi connectivity index (χ0n) is 18.1. The number of nitrogens with zero attached hydrogens (tertiary/aromatic N) is 4. The normalized spacial score (nSPS) is 22.7. The molecule has 3 aromatic heterocycles. The second kappa shape index (κ2) is 8.45. The van der Waals surface area contributed by atoms with Crippen molar-refractivity contribution in [2.24, 2.45) is 11.7 Å². The number of aromatic nitrogens is 3. The molecule has 3 aromatic rings. The third kappa shape index (κ3) is 4.10. The van der Waals surface area contributed by atoms with Crippen molar-refractivity contribution < 1.29 is 13.6 Å². The van der Waals surface area contributed by atoms with Crippen molar-refractivity contribution in [1.29, 1.82) is 0 Å². The van der Waals surface area contributed by atoms with Gasteiger partial charge in [0.1, 0.15) is 9.71 Å². The molecule has 2 aliphatic rings. The van der Waals surface area contributed by atoms with Crippen LogP contribution in [0.4, 0.5) is 20.4 Å². The number of hydrogen-bond acceptors (Lipinski definition) is 8. The summed E-state index contributed by atoms with van der Waals surface area (Å²) in [4.78, 5) is 29.4. The lowest BCUT2D eigenvalue weighted by atomic mass is 9.93. The molecule has 0 radical (unpaired) electrons. The van der Waals surface area contributed by atoms with E-state index >= 15 is 0 Å². The Balaban J connectivity index is 1.27. The molecule has 1 aliphatic heterocycles. The maximum atomic E-state index is 13.1. The van der Waals surface area contributed by atoms with Gasteiger partial charge >= 0.3 is 0 Å². The average Bonchev–Trinajstić information content (AvgIpc) is 3.33. The van der Waals surface area contributed by atoms with Crippen LogP contribution in [0.25, 0.3) is 10.2 Å². The monoisotopic (exact) mass is 473 g/mol. The molecule has 1 aliphatic carbocycles. The van der Waals surface area contributed by atoms with Gasteiger partial charge in [0.25, 0.3) is 5.91 Å². The van der Waals surface area contributed by atoms with Crippen molar-refractivity contribution in [3.63, 3.8) is 0 Å². The molecule has 0 spiro atoms. The first-order valence-corrected chi connectivity index (χ1v) is 11.7. The summed E-state index contributed by atoms with van der Waals surface area (Å²) in [7, 11) is 0. The molecule has 4 heterocycles. The minimum absolute atomic E-state index is 0.0674. The number of fused-ring (bicyclic) bond motifs is 2. The van der Waals surface area contributed by atoms with E-state index in [0.29, 0.717) is 35.9 Å². The molecule has 33 heavy (non-hydrogen) atoms. The highest BCUT2D eigenvalue weighted by Gasteiger charge is 2.37. The minimum atomic E-state index is -2.46. The second-order valence-electron chi connectivity index (χ2n) is 8.77. The van der Waals surface area contributed by atoms with Crippen molar-refractivity contribution in [2.75, 3.05) is 23.7 Å². The summed E-state index contributed by atoms with van der Waals surface area (Å²) in [6, 6.07) is 3.11. The van der Waals surface area contributed by atoms with Crippen molar-refractivity contribution >= 4 is 39.1 Å². The topological polar surface area (TPSA) is 123 Å². The van der Waals surface area contributed by atoms with Crippen LogP contribution in [0.1, 0.15) is 33.0 Å². The number of anilines is 2. The molecule has 1 saturated heterocycles. The van der Waals surface area contributed by atoms with E-state index in [-0.39, 0.29) is 18.5 Å². The lowest BCUT2D eigenvalue weighted by molar-refractivity contribution is 0.0804. The zero-order valence-corrected chi connectivity index (χ0v) is 18.9. The number of nitrogens with one attached hydrogen (secondary N) is 1. The van der Waals surface area contributed by atoms with Gasteiger partial charge in [0.05, 0.1) is 11.6 Å². The van der Waals surface area contributed by atoms with Crippen LogP contribution >= 0.6 is 11.3 Å². The van der Waals surface area contributed by atoms with E-state index in [9.17, 15) is 13.6 Å². The minimum Gasteiger partial charge on any atom is -0.397 e. The largest absolute Gasteiger partial charge is 0.397 e. The van der Waals surface area contributed by atoms with Gasteiger partial charge in [0.2, 0.25) is 12.4 Å². The lowest BCUT2D eigenvalue weighted by Crippen LogP contribution is -2.39. The third-order valence-corrected chi connectivity index (χ3v) is 7.54. The van der Waals surface area contributed by atoms with Crippen LogP contribution in [-0.2, 0) is 12.8 Å². The van der Waals surface area contributed by atoms with Crippen LogP contribution in [-0.4, -0.2) is 52.5 Å². The number of amides is 1. The van der Waals surface area contributed by atoms with E-state index in [0.717, 1.165) is 33.6 Å². The second-order valence-corrected chi connectivity index (χ2v) is 9.77. The smallest absolute Gasteiger partial charge is 0.263 e. The van der Waals surface area contributed by atoms with Crippen molar-refractivity contribution in [2.45, 2.75) is 44.7 Å². The standard InChI is InChI=1S/C22H25F2N7OS/c1-10-2-4-13-17(26)18(33-21(13)28-10)20(32)29-12-3-5-16-11(6-12)7-27-22(30-16)31-8-14(19(23)24)15(25)9-31/h2,4,7,12,14-15,19H,3,5-6,8-9,25-26H2,1H3,(H,29,32)/t12-,14?,15-/m1/s1. The number of rotatable bonds is 4. The van der Waals surface area contributed by atoms with Crippen LogP contribution in [0, 0.1) is 12.8 Å². The summed E-state index contributed by atoms with van der Waals surface area (Å²) < 4.78 is 26.3. The molecule has 3 atom stereocenters. The number of alkyl halides is 2. The number of pyridine rings is 1. The Hall–Kier alpha value is -2.92. The van der Waals surface area contributed by atoms with E-state index in [1.54, 1.807) is 11.1 Å². The van der Waals surface area contributed by atoms with E-state index in [4.69, 9.17) is 11.5 Å². The summed E-state index contributed by atoms with van der Waals surface area (Å²) in [5.41, 5.74) is 15.3. The number of carbonyl (C=O) groups is 1. The van der Waals surface area contributed by atoms with Crippen LogP contribution in [0.2, 0.25) is 0 Å². The molecule has 0 bridgehead atoms. The van der Waals surface area contributed by atoms with E-state index in [1.807, 2.05) is 19.1 Å². The van der Waals surface area contributed by atoms with Crippen LogP contribution < -0.4 is 21.7 Å². The number of nitrogens with two attached hydrogens (primary N) is 2. The molecular formula is C22H25F2N7OS. The van der Waals surface area contributed by atoms with Gasteiger partial charge < -0.3 is 21.7 Å². The SMILES string of the molecule is Cc1ccc2c(N)c(C(=O)N[C@@H]3CCc4nc(N5CC(C(F)F)[C@H](N)C5)ncc4C3)sc2n1. The Morgan fingerprint density at radius 1 is 1.30 bits per heavy atom. The van der Waals surface area contributed by atoms with Gasteiger partial charge in [-0.15, -0.1) is 11.3 Å². The number of nitrogen functional groups attached to an aromatic ring is 1. The highest BCUT2D eigenvalue weighted by atomic mass is 32.1. The van der Waals surface area contributed by atoms with Gasteiger partial charge in [-0.25, -0.2) is 23.7 Å². The molecular weight excluding hydrogens is 448 g/mol. The van der Waals surface area contributed by atoms with Crippen LogP contribution in [0.3, 0.4) is 0 Å². The fourth-order valence-corrected chi connectivity index (χ4v) is 5.61. The summed E-state index contributed by atoms with van der Waals surface area (Å²) in [6.45, 7) is 2.37. The number of hydrogen-bond donors (Lipinski definition) is 3. The molecule has 0 saturated carbocycles. The molecule has 1 unspecified atom stereocenters. The lowest BCUT2D eigenvalue weighted by Gasteiger charge is -2.26. The van der Waals surface area contributed by atoms with Gasteiger partial charge in [-0.2, -0.15) is 0 Å². The molecule has 1 amide bonds. The first kappa shape index (κ1) is 21.9. The Labute approximate surface area is 193 Å². The van der Waals surface area contributed by atoms with Crippen molar-refractivity contribution in [1.82, 2.24) is 20.3 Å². The first-order valence-electron chi connectivity index (χ1n) is 10.9. The predicted molar refractivity (Wildman–Crippen MR) is 124 cm³/mol. The fraction of sp³-hybridized carbons (Fsp3) is 0.455. The summed E-state index contributed by atoms with van der Waals surface area (Å²) >= 11 is 1.30. The van der Waals surface area contributed by atoms with E-state index in [1.165, 1.54) is 11.3 Å². The van der Waals surface area contributed by atoms with Crippen LogP contribution in [0.15, 0.2) is 18.3 Å². The highest BCUT2D eigenvalue weighted by molar-refractivity contribution is 7.21. The number of thiophene rings is 1.